The Balaban J connectivity index is 2.48. The van der Waals surface area contributed by atoms with Crippen LogP contribution in [-0.4, -0.2) is 5.78 Å². The summed E-state index contributed by atoms with van der Waals surface area (Å²) in [5.41, 5.74) is 0.129. The zero-order valence-electron chi connectivity index (χ0n) is 7.84. The van der Waals surface area contributed by atoms with E-state index in [1.54, 1.807) is 6.92 Å². The van der Waals surface area contributed by atoms with E-state index in [0.29, 0.717) is 6.42 Å². The Morgan fingerprint density at radius 2 is 2.00 bits per heavy atom. The van der Waals surface area contributed by atoms with E-state index >= 15 is 0 Å². The summed E-state index contributed by atoms with van der Waals surface area (Å²) in [5, 5.41) is 0. The number of allylic oxidation sites excluding steroid dienone is 4. The minimum atomic E-state index is 0.129. The molecule has 0 radical (unpaired) electrons. The minimum absolute atomic E-state index is 0.129. The van der Waals surface area contributed by atoms with Gasteiger partial charge in [0.25, 0.3) is 0 Å². The third kappa shape index (κ3) is 2.65. The first-order valence-electron chi connectivity index (χ1n) is 4.47. The predicted molar refractivity (Wildman–Crippen MR) is 50.9 cm³/mol. The van der Waals surface area contributed by atoms with Crippen molar-refractivity contribution in [3.05, 3.63) is 24.3 Å². The van der Waals surface area contributed by atoms with E-state index < -0.39 is 0 Å². The van der Waals surface area contributed by atoms with Crippen molar-refractivity contribution in [1.29, 1.82) is 0 Å². The lowest BCUT2D eigenvalue weighted by Gasteiger charge is -2.23. The smallest absolute Gasteiger partial charge is 0.129 e. The summed E-state index contributed by atoms with van der Waals surface area (Å²) >= 11 is 0. The van der Waals surface area contributed by atoms with Crippen LogP contribution in [0.5, 0.6) is 0 Å². The van der Waals surface area contributed by atoms with Crippen LogP contribution in [0, 0.1) is 5.41 Å². The molecule has 0 heterocycles. The van der Waals surface area contributed by atoms with Gasteiger partial charge in [-0.2, -0.15) is 0 Å². The summed E-state index contributed by atoms with van der Waals surface area (Å²) in [6.45, 7) is 3.82. The van der Waals surface area contributed by atoms with Crippen molar-refractivity contribution in [1.82, 2.24) is 0 Å². The molecule has 0 saturated heterocycles. The maximum Gasteiger partial charge on any atom is 0.129 e. The van der Waals surface area contributed by atoms with Gasteiger partial charge in [0.05, 0.1) is 0 Å². The first kappa shape index (κ1) is 9.24. The Morgan fingerprint density at radius 1 is 1.42 bits per heavy atom. The number of hydrogen-bond donors (Lipinski definition) is 0. The second kappa shape index (κ2) is 3.70. The van der Waals surface area contributed by atoms with Gasteiger partial charge in [0.1, 0.15) is 5.78 Å². The van der Waals surface area contributed by atoms with Crippen LogP contribution in [0.4, 0.5) is 0 Å². The highest BCUT2D eigenvalue weighted by Gasteiger charge is 2.18. The zero-order chi connectivity index (χ0) is 9.03. The highest BCUT2D eigenvalue weighted by molar-refractivity contribution is 5.75. The predicted octanol–water partition coefficient (Wildman–Crippen LogP) is 2.88. The second-order valence-electron chi connectivity index (χ2n) is 3.75. The summed E-state index contributed by atoms with van der Waals surface area (Å²) in [7, 11) is 0. The Morgan fingerprint density at radius 3 is 2.50 bits per heavy atom. The highest BCUT2D eigenvalue weighted by atomic mass is 16.1. The van der Waals surface area contributed by atoms with E-state index in [1.807, 2.05) is 0 Å². The topological polar surface area (TPSA) is 17.1 Å². The lowest BCUT2D eigenvalue weighted by molar-refractivity contribution is -0.117. The van der Waals surface area contributed by atoms with Crippen molar-refractivity contribution in [3.8, 4) is 0 Å². The molecule has 0 N–H and O–H groups in total. The van der Waals surface area contributed by atoms with Gasteiger partial charge in [0.2, 0.25) is 0 Å². The Labute approximate surface area is 74.2 Å². The first-order chi connectivity index (χ1) is 5.62. The van der Waals surface area contributed by atoms with Crippen LogP contribution in [0.2, 0.25) is 0 Å². The number of hydrogen-bond acceptors (Lipinski definition) is 1. The molecule has 0 aromatic carbocycles. The minimum Gasteiger partial charge on any atom is -0.300 e. The molecule has 0 atom stereocenters. The third-order valence-corrected chi connectivity index (χ3v) is 2.29. The normalized spacial score (nSPS) is 19.5. The molecular formula is C11H16O. The van der Waals surface area contributed by atoms with Crippen molar-refractivity contribution in [3.63, 3.8) is 0 Å². The fraction of sp³-hybridized carbons (Fsp3) is 0.545. The molecule has 0 fully saturated rings. The molecule has 1 heteroatoms. The molecule has 0 unspecified atom stereocenters. The Kier molecular flexibility index (Phi) is 2.85. The van der Waals surface area contributed by atoms with Gasteiger partial charge < -0.3 is 4.79 Å². The highest BCUT2D eigenvalue weighted by Crippen LogP contribution is 2.29. The van der Waals surface area contributed by atoms with Crippen LogP contribution in [0.3, 0.4) is 0 Å². The molecule has 1 aliphatic carbocycles. The van der Waals surface area contributed by atoms with Crippen molar-refractivity contribution in [2.75, 3.05) is 0 Å². The van der Waals surface area contributed by atoms with E-state index in [2.05, 4.69) is 31.2 Å². The average molecular weight is 164 g/mol. The van der Waals surface area contributed by atoms with E-state index in [1.165, 1.54) is 0 Å². The zero-order valence-corrected chi connectivity index (χ0v) is 7.84. The molecule has 1 rings (SSSR count). The fourth-order valence-electron chi connectivity index (χ4n) is 1.42. The van der Waals surface area contributed by atoms with Gasteiger partial charge in [-0.05, 0) is 19.8 Å². The summed E-state index contributed by atoms with van der Waals surface area (Å²) in [6, 6.07) is 0. The molecule has 0 aromatic rings. The molecule has 0 spiro atoms. The first-order valence-corrected chi connectivity index (χ1v) is 4.47. The monoisotopic (exact) mass is 164 g/mol. The summed E-state index contributed by atoms with van der Waals surface area (Å²) in [4.78, 5) is 10.8. The molecule has 1 aliphatic rings. The van der Waals surface area contributed by atoms with Crippen molar-refractivity contribution >= 4 is 5.78 Å². The van der Waals surface area contributed by atoms with Crippen LogP contribution in [-0.2, 0) is 4.79 Å². The van der Waals surface area contributed by atoms with E-state index in [4.69, 9.17) is 0 Å². The molecule has 0 saturated carbocycles. The van der Waals surface area contributed by atoms with Crippen molar-refractivity contribution < 1.29 is 4.79 Å². The van der Waals surface area contributed by atoms with Crippen molar-refractivity contribution in [2.45, 2.75) is 33.1 Å². The molecule has 1 nitrogen and oxygen atoms in total. The fourth-order valence-corrected chi connectivity index (χ4v) is 1.42. The van der Waals surface area contributed by atoms with Crippen LogP contribution >= 0.6 is 0 Å². The quantitative estimate of drug-likeness (QED) is 0.586. The second-order valence-corrected chi connectivity index (χ2v) is 3.75. The lowest BCUT2D eigenvalue weighted by atomic mass is 9.82. The number of rotatable bonds is 3. The number of carbonyl (C=O) groups excluding carboxylic acids is 1. The van der Waals surface area contributed by atoms with Gasteiger partial charge in [-0.25, -0.2) is 0 Å². The molecule has 0 bridgehead atoms. The molecule has 0 amide bonds. The van der Waals surface area contributed by atoms with Gasteiger partial charge in [0, 0.05) is 11.8 Å². The Hall–Kier alpha value is -0.850. The molecule has 12 heavy (non-hydrogen) atoms. The van der Waals surface area contributed by atoms with Gasteiger partial charge in [-0.15, -0.1) is 0 Å². The van der Waals surface area contributed by atoms with E-state index in [0.717, 1.165) is 12.8 Å². The number of ketones is 1. The SMILES string of the molecule is CC(=O)CCC1(C)C=CCC=C1. The van der Waals surface area contributed by atoms with Gasteiger partial charge >= 0.3 is 0 Å². The van der Waals surface area contributed by atoms with Gasteiger partial charge in [-0.3, -0.25) is 0 Å². The summed E-state index contributed by atoms with van der Waals surface area (Å²) in [5.74, 6) is 0.281. The number of carbonyl (C=O) groups is 1. The van der Waals surface area contributed by atoms with Crippen LogP contribution in [0.1, 0.15) is 33.1 Å². The maximum atomic E-state index is 10.8. The van der Waals surface area contributed by atoms with Crippen molar-refractivity contribution in [2.24, 2.45) is 5.41 Å². The van der Waals surface area contributed by atoms with E-state index in [-0.39, 0.29) is 11.2 Å². The Bertz CT molecular complexity index is 211. The standard InChI is InChI=1S/C11H16O/c1-10(12)6-9-11(2)7-4-3-5-8-11/h4-5,7-8H,3,6,9H2,1-2H3. The lowest BCUT2D eigenvalue weighted by Crippen LogP contribution is -2.12. The van der Waals surface area contributed by atoms with E-state index in [9.17, 15) is 4.79 Å². The average Bonchev–Trinajstić information content (AvgIpc) is 2.03. The summed E-state index contributed by atoms with van der Waals surface area (Å²) in [6.07, 6.45) is 11.4. The summed E-state index contributed by atoms with van der Waals surface area (Å²) < 4.78 is 0. The molecular weight excluding hydrogens is 148 g/mol. The van der Waals surface area contributed by atoms with Crippen LogP contribution in [0.15, 0.2) is 24.3 Å². The third-order valence-electron chi connectivity index (χ3n) is 2.29. The molecule has 0 aliphatic heterocycles. The van der Waals surface area contributed by atoms with Crippen LogP contribution in [0.25, 0.3) is 0 Å². The van der Waals surface area contributed by atoms with Gasteiger partial charge in [-0.1, -0.05) is 31.2 Å². The number of Topliss-reactive ketones (excluding diaryl/α,β-unsaturated/α-hetero) is 1. The molecule has 66 valence electrons. The largest absolute Gasteiger partial charge is 0.300 e. The van der Waals surface area contributed by atoms with Crippen LogP contribution < -0.4 is 0 Å². The molecule has 0 aromatic heterocycles. The van der Waals surface area contributed by atoms with Gasteiger partial charge in [0.15, 0.2) is 0 Å². The maximum absolute atomic E-state index is 10.8.